The maximum Gasteiger partial charge on any atom is 0.225 e. The van der Waals surface area contributed by atoms with Crippen LogP contribution in [-0.2, 0) is 16.1 Å². The van der Waals surface area contributed by atoms with E-state index in [9.17, 15) is 4.79 Å². The number of rotatable bonds is 5. The van der Waals surface area contributed by atoms with Gasteiger partial charge in [0, 0.05) is 39.2 Å². The molecular formula is C24H30N6O2. The average molecular weight is 435 g/mol. The molecule has 0 N–H and O–H groups in total. The minimum absolute atomic E-state index is 0.229. The van der Waals surface area contributed by atoms with Gasteiger partial charge in [-0.15, -0.1) is 0 Å². The summed E-state index contributed by atoms with van der Waals surface area (Å²) in [5, 5.41) is 5.76. The minimum atomic E-state index is 0.229. The fourth-order valence-corrected chi connectivity index (χ4v) is 4.95. The number of nitrogens with zero attached hydrogens (tertiary/aromatic N) is 6. The first-order chi connectivity index (χ1) is 15.7. The fourth-order valence-electron chi connectivity index (χ4n) is 4.95. The topological polar surface area (TPSA) is 76.4 Å². The van der Waals surface area contributed by atoms with Crippen molar-refractivity contribution in [3.05, 3.63) is 41.9 Å². The Morgan fingerprint density at radius 3 is 2.47 bits per heavy atom. The number of piperazine rings is 1. The molecule has 32 heavy (non-hydrogen) atoms. The van der Waals surface area contributed by atoms with Crippen molar-refractivity contribution >= 4 is 22.8 Å². The zero-order valence-corrected chi connectivity index (χ0v) is 18.8. The van der Waals surface area contributed by atoms with Gasteiger partial charge in [0.05, 0.1) is 16.8 Å². The van der Waals surface area contributed by atoms with Crippen molar-refractivity contribution in [3.63, 3.8) is 0 Å². The number of anilines is 1. The Bertz CT molecular complexity index is 1100. The van der Waals surface area contributed by atoms with E-state index >= 15 is 0 Å². The number of carbonyl (C=O) groups is 1. The molecular weight excluding hydrogens is 404 g/mol. The van der Waals surface area contributed by atoms with Gasteiger partial charge in [0.15, 0.2) is 11.5 Å². The molecule has 0 unspecified atom stereocenters. The second-order valence-electron chi connectivity index (χ2n) is 8.72. The highest BCUT2D eigenvalue weighted by Crippen LogP contribution is 2.31. The van der Waals surface area contributed by atoms with Crippen LogP contribution in [0.25, 0.3) is 16.7 Å². The average Bonchev–Trinajstić information content (AvgIpc) is 3.48. The molecule has 3 heterocycles. The quantitative estimate of drug-likeness (QED) is 0.614. The molecule has 1 saturated carbocycles. The highest BCUT2D eigenvalue weighted by molar-refractivity contribution is 5.91. The van der Waals surface area contributed by atoms with E-state index in [0.29, 0.717) is 18.3 Å². The zero-order chi connectivity index (χ0) is 22.1. The number of fused-ring (bicyclic) bond motifs is 1. The Labute approximate surface area is 188 Å². The molecule has 1 amide bonds. The van der Waals surface area contributed by atoms with Crippen molar-refractivity contribution in [2.24, 2.45) is 5.92 Å². The predicted molar refractivity (Wildman–Crippen MR) is 123 cm³/mol. The highest BCUT2D eigenvalue weighted by Gasteiger charge is 2.31. The molecule has 1 saturated heterocycles. The van der Waals surface area contributed by atoms with E-state index in [1.807, 2.05) is 46.8 Å². The van der Waals surface area contributed by atoms with Gasteiger partial charge in [-0.25, -0.2) is 14.6 Å². The first-order valence-electron chi connectivity index (χ1n) is 11.5. The second-order valence-corrected chi connectivity index (χ2v) is 8.72. The number of aryl methyl sites for hydroxylation is 1. The third kappa shape index (κ3) is 3.83. The standard InChI is InChI=1S/C24H30N6O2/c1-17-21-22(28-12-14-29(15-13-28)24(31)18-8-6-7-9-18)25-20(16-32-2)26-23(21)30(27-17)19-10-4-3-5-11-19/h3-5,10-11,18H,6-9,12-16H2,1-2H3. The smallest absolute Gasteiger partial charge is 0.225 e. The van der Waals surface area contributed by atoms with Crippen molar-refractivity contribution in [1.82, 2.24) is 24.6 Å². The van der Waals surface area contributed by atoms with E-state index in [0.717, 1.165) is 67.3 Å². The Morgan fingerprint density at radius 2 is 1.78 bits per heavy atom. The van der Waals surface area contributed by atoms with Gasteiger partial charge in [-0.2, -0.15) is 5.10 Å². The van der Waals surface area contributed by atoms with Crippen LogP contribution in [-0.4, -0.2) is 63.8 Å². The van der Waals surface area contributed by atoms with Crippen LogP contribution in [0.1, 0.15) is 37.2 Å². The molecule has 3 aromatic rings. The molecule has 8 heteroatoms. The number of amides is 1. The van der Waals surface area contributed by atoms with Gasteiger partial charge in [0.2, 0.25) is 5.91 Å². The molecule has 0 atom stereocenters. The van der Waals surface area contributed by atoms with Crippen molar-refractivity contribution in [1.29, 1.82) is 0 Å². The number of hydrogen-bond acceptors (Lipinski definition) is 6. The molecule has 168 valence electrons. The number of benzene rings is 1. The Morgan fingerprint density at radius 1 is 1.06 bits per heavy atom. The summed E-state index contributed by atoms with van der Waals surface area (Å²) in [6.07, 6.45) is 4.46. The number of aromatic nitrogens is 4. The van der Waals surface area contributed by atoms with Crippen molar-refractivity contribution in [3.8, 4) is 5.69 Å². The Kier molecular flexibility index (Phi) is 5.78. The summed E-state index contributed by atoms with van der Waals surface area (Å²) in [6.45, 7) is 5.31. The first-order valence-corrected chi connectivity index (χ1v) is 11.5. The Hall–Kier alpha value is -3.00. The Balaban J connectivity index is 1.47. The maximum atomic E-state index is 12.9. The lowest BCUT2D eigenvalue weighted by atomic mass is 10.1. The molecule has 1 aromatic carbocycles. The van der Waals surface area contributed by atoms with Crippen LogP contribution in [0.2, 0.25) is 0 Å². The van der Waals surface area contributed by atoms with Crippen LogP contribution >= 0.6 is 0 Å². The molecule has 1 aliphatic carbocycles. The largest absolute Gasteiger partial charge is 0.377 e. The highest BCUT2D eigenvalue weighted by atomic mass is 16.5. The number of para-hydroxylation sites is 1. The van der Waals surface area contributed by atoms with Crippen LogP contribution in [0, 0.1) is 12.8 Å². The molecule has 0 radical (unpaired) electrons. The third-order valence-corrected chi connectivity index (χ3v) is 6.60. The number of methoxy groups -OCH3 is 1. The van der Waals surface area contributed by atoms with E-state index in [4.69, 9.17) is 19.8 Å². The lowest BCUT2D eigenvalue weighted by molar-refractivity contribution is -0.135. The van der Waals surface area contributed by atoms with E-state index in [2.05, 4.69) is 4.90 Å². The summed E-state index contributed by atoms with van der Waals surface area (Å²) in [6, 6.07) is 10.0. The van der Waals surface area contributed by atoms with E-state index < -0.39 is 0 Å². The van der Waals surface area contributed by atoms with Crippen LogP contribution in [0.15, 0.2) is 30.3 Å². The van der Waals surface area contributed by atoms with E-state index in [1.165, 1.54) is 12.8 Å². The minimum Gasteiger partial charge on any atom is -0.377 e. The zero-order valence-electron chi connectivity index (χ0n) is 18.8. The normalized spacial score (nSPS) is 17.4. The van der Waals surface area contributed by atoms with Crippen LogP contribution in [0.4, 0.5) is 5.82 Å². The van der Waals surface area contributed by atoms with Gasteiger partial charge < -0.3 is 14.5 Å². The molecule has 2 aromatic heterocycles. The molecule has 0 spiro atoms. The van der Waals surface area contributed by atoms with Gasteiger partial charge in [-0.1, -0.05) is 31.0 Å². The summed E-state index contributed by atoms with van der Waals surface area (Å²) >= 11 is 0. The SMILES string of the molecule is COCc1nc(N2CCN(C(=O)C3CCCC3)CC2)c2c(C)nn(-c3ccccc3)c2n1. The van der Waals surface area contributed by atoms with Crippen LogP contribution in [0.5, 0.6) is 0 Å². The molecule has 0 bridgehead atoms. The molecule has 1 aliphatic heterocycles. The monoisotopic (exact) mass is 434 g/mol. The number of ether oxygens (including phenoxy) is 1. The molecule has 5 rings (SSSR count). The van der Waals surface area contributed by atoms with Gasteiger partial charge in [0.25, 0.3) is 0 Å². The maximum absolute atomic E-state index is 12.9. The lowest BCUT2D eigenvalue weighted by Crippen LogP contribution is -2.50. The van der Waals surface area contributed by atoms with Crippen molar-refractivity contribution in [2.75, 3.05) is 38.2 Å². The number of carbonyl (C=O) groups excluding carboxylic acids is 1. The number of hydrogen-bond donors (Lipinski definition) is 0. The summed E-state index contributed by atoms with van der Waals surface area (Å²) in [5.41, 5.74) is 2.65. The molecule has 2 fully saturated rings. The van der Waals surface area contributed by atoms with Crippen LogP contribution < -0.4 is 4.90 Å². The van der Waals surface area contributed by atoms with E-state index in [1.54, 1.807) is 7.11 Å². The summed E-state index contributed by atoms with van der Waals surface area (Å²) < 4.78 is 7.23. The summed E-state index contributed by atoms with van der Waals surface area (Å²) in [7, 11) is 1.65. The van der Waals surface area contributed by atoms with Gasteiger partial charge in [-0.05, 0) is 31.9 Å². The lowest BCUT2D eigenvalue weighted by Gasteiger charge is -2.37. The van der Waals surface area contributed by atoms with Gasteiger partial charge >= 0.3 is 0 Å². The fraction of sp³-hybridized carbons (Fsp3) is 0.500. The van der Waals surface area contributed by atoms with Crippen molar-refractivity contribution in [2.45, 2.75) is 39.2 Å². The van der Waals surface area contributed by atoms with Crippen molar-refractivity contribution < 1.29 is 9.53 Å². The van der Waals surface area contributed by atoms with Crippen LogP contribution in [0.3, 0.4) is 0 Å². The third-order valence-electron chi connectivity index (χ3n) is 6.60. The summed E-state index contributed by atoms with van der Waals surface area (Å²) in [4.78, 5) is 26.8. The van der Waals surface area contributed by atoms with Gasteiger partial charge in [0.1, 0.15) is 12.4 Å². The molecule has 8 nitrogen and oxygen atoms in total. The van der Waals surface area contributed by atoms with Gasteiger partial charge in [-0.3, -0.25) is 4.79 Å². The molecule has 2 aliphatic rings. The predicted octanol–water partition coefficient (Wildman–Crippen LogP) is 3.11. The van der Waals surface area contributed by atoms with E-state index in [-0.39, 0.29) is 5.92 Å². The summed E-state index contributed by atoms with van der Waals surface area (Å²) in [5.74, 6) is 2.08. The second kappa shape index (κ2) is 8.86. The first kappa shape index (κ1) is 20.9.